The van der Waals surface area contributed by atoms with Gasteiger partial charge in [-0.1, -0.05) is 48.5 Å². The van der Waals surface area contributed by atoms with E-state index in [0.29, 0.717) is 34.2 Å². The standard InChI is InChI=1S/C27H20F6N2O2/c1-34(24(36)17-12-18(26(28,29)30)14-19(13-17)27(31,32)33)15-22-23(16-8-4-3-5-9-16)20-10-6-7-11-21(20)25(37)35(22)2/h3-14H,15H2,1-2H3. The van der Waals surface area contributed by atoms with Gasteiger partial charge in [-0.15, -0.1) is 0 Å². The highest BCUT2D eigenvalue weighted by molar-refractivity contribution is 5.98. The van der Waals surface area contributed by atoms with Gasteiger partial charge < -0.3 is 9.47 Å². The van der Waals surface area contributed by atoms with Crippen molar-refractivity contribution in [1.82, 2.24) is 9.47 Å². The SMILES string of the molecule is CN(Cc1c(-c2ccccc2)c2ccccc2c(=O)n1C)C(=O)c1cc(C(F)(F)F)cc(C(F)(F)F)c1. The van der Waals surface area contributed by atoms with Gasteiger partial charge in [0.25, 0.3) is 11.5 Å². The molecule has 1 amide bonds. The van der Waals surface area contributed by atoms with Crippen molar-refractivity contribution in [3.63, 3.8) is 0 Å². The normalized spacial score (nSPS) is 12.1. The molecule has 0 N–H and O–H groups in total. The number of benzene rings is 3. The summed E-state index contributed by atoms with van der Waals surface area (Å²) in [6.45, 7) is -0.253. The van der Waals surface area contributed by atoms with E-state index in [-0.39, 0.29) is 18.2 Å². The number of nitrogens with zero attached hydrogens (tertiary/aromatic N) is 2. The molecule has 3 aromatic carbocycles. The molecule has 0 atom stereocenters. The largest absolute Gasteiger partial charge is 0.416 e. The van der Waals surface area contributed by atoms with E-state index in [1.807, 2.05) is 0 Å². The molecule has 4 aromatic rings. The highest BCUT2D eigenvalue weighted by atomic mass is 19.4. The molecule has 0 spiro atoms. The molecule has 0 saturated carbocycles. The van der Waals surface area contributed by atoms with Crippen molar-refractivity contribution in [3.05, 3.63) is 106 Å². The van der Waals surface area contributed by atoms with Gasteiger partial charge in [0.1, 0.15) is 0 Å². The summed E-state index contributed by atoms with van der Waals surface area (Å²) in [5.41, 5.74) is -2.57. The van der Waals surface area contributed by atoms with E-state index in [1.54, 1.807) is 54.6 Å². The highest BCUT2D eigenvalue weighted by Gasteiger charge is 2.38. The van der Waals surface area contributed by atoms with Crippen LogP contribution in [0, 0.1) is 0 Å². The van der Waals surface area contributed by atoms with Crippen molar-refractivity contribution in [2.75, 3.05) is 7.05 Å². The van der Waals surface area contributed by atoms with Gasteiger partial charge in [-0.05, 0) is 35.2 Å². The molecule has 1 aromatic heterocycles. The van der Waals surface area contributed by atoms with Gasteiger partial charge in [0.15, 0.2) is 0 Å². The second-order valence-corrected chi connectivity index (χ2v) is 8.55. The summed E-state index contributed by atoms with van der Waals surface area (Å²) in [6, 6.07) is 16.6. The average molecular weight is 518 g/mol. The third-order valence-corrected chi connectivity index (χ3v) is 6.06. The van der Waals surface area contributed by atoms with Crippen molar-refractivity contribution >= 4 is 16.7 Å². The Morgan fingerprint density at radius 2 is 1.32 bits per heavy atom. The first-order valence-electron chi connectivity index (χ1n) is 11.0. The molecular weight excluding hydrogens is 498 g/mol. The zero-order chi connectivity index (χ0) is 27.1. The maximum Gasteiger partial charge on any atom is 0.416 e. The second kappa shape index (κ2) is 9.42. The van der Waals surface area contributed by atoms with E-state index in [0.717, 1.165) is 10.5 Å². The Balaban J connectivity index is 1.84. The number of hydrogen-bond acceptors (Lipinski definition) is 2. The lowest BCUT2D eigenvalue weighted by atomic mass is 9.96. The number of fused-ring (bicyclic) bond motifs is 1. The molecule has 0 aliphatic heterocycles. The number of alkyl halides is 6. The van der Waals surface area contributed by atoms with E-state index < -0.39 is 35.0 Å². The molecule has 0 saturated heterocycles. The number of pyridine rings is 1. The molecule has 4 rings (SSSR count). The van der Waals surface area contributed by atoms with Crippen LogP contribution in [0.5, 0.6) is 0 Å². The molecule has 192 valence electrons. The predicted molar refractivity (Wildman–Crippen MR) is 127 cm³/mol. The van der Waals surface area contributed by atoms with Gasteiger partial charge in [0.05, 0.1) is 17.7 Å². The van der Waals surface area contributed by atoms with Gasteiger partial charge in [0, 0.05) is 36.3 Å². The number of carbonyl (C=O) groups is 1. The zero-order valence-corrected chi connectivity index (χ0v) is 19.6. The maximum atomic E-state index is 13.3. The van der Waals surface area contributed by atoms with Crippen molar-refractivity contribution in [1.29, 1.82) is 0 Å². The molecule has 0 aliphatic rings. The minimum Gasteiger partial charge on any atom is -0.336 e. The quantitative estimate of drug-likeness (QED) is 0.289. The van der Waals surface area contributed by atoms with E-state index in [4.69, 9.17) is 0 Å². The number of amides is 1. The lowest BCUT2D eigenvalue weighted by Crippen LogP contribution is -2.31. The zero-order valence-electron chi connectivity index (χ0n) is 19.6. The summed E-state index contributed by atoms with van der Waals surface area (Å²) in [5.74, 6) is -1.06. The monoisotopic (exact) mass is 518 g/mol. The van der Waals surface area contributed by atoms with E-state index >= 15 is 0 Å². The minimum atomic E-state index is -5.09. The fourth-order valence-electron chi connectivity index (χ4n) is 4.22. The molecule has 0 unspecified atom stereocenters. The minimum absolute atomic E-state index is 0.0304. The molecule has 0 fully saturated rings. The molecule has 37 heavy (non-hydrogen) atoms. The van der Waals surface area contributed by atoms with Crippen LogP contribution in [0.25, 0.3) is 21.9 Å². The summed E-state index contributed by atoms with van der Waals surface area (Å²) >= 11 is 0. The Hall–Kier alpha value is -4.08. The maximum absolute atomic E-state index is 13.3. The lowest BCUT2D eigenvalue weighted by Gasteiger charge is -2.24. The van der Waals surface area contributed by atoms with Crippen molar-refractivity contribution in [2.24, 2.45) is 7.05 Å². The van der Waals surface area contributed by atoms with Crippen LogP contribution in [0.1, 0.15) is 27.2 Å². The van der Waals surface area contributed by atoms with E-state index in [9.17, 15) is 35.9 Å². The van der Waals surface area contributed by atoms with Gasteiger partial charge in [-0.25, -0.2) is 0 Å². The first-order chi connectivity index (χ1) is 17.3. The molecule has 1 heterocycles. The predicted octanol–water partition coefficient (Wildman–Crippen LogP) is 6.52. The number of carbonyl (C=O) groups excluding carboxylic acids is 1. The second-order valence-electron chi connectivity index (χ2n) is 8.55. The first kappa shape index (κ1) is 26.0. The Bertz CT molecular complexity index is 1510. The highest BCUT2D eigenvalue weighted by Crippen LogP contribution is 2.37. The summed E-state index contributed by atoms with van der Waals surface area (Å²) < 4.78 is 81.2. The molecule has 10 heteroatoms. The third-order valence-electron chi connectivity index (χ3n) is 6.06. The smallest absolute Gasteiger partial charge is 0.336 e. The summed E-state index contributed by atoms with van der Waals surface area (Å²) in [7, 11) is 2.76. The summed E-state index contributed by atoms with van der Waals surface area (Å²) in [4.78, 5) is 27.2. The number of rotatable bonds is 4. The number of hydrogen-bond donors (Lipinski definition) is 0. The lowest BCUT2D eigenvalue weighted by molar-refractivity contribution is -0.143. The number of halogens is 6. The van der Waals surface area contributed by atoms with Crippen molar-refractivity contribution < 1.29 is 31.1 Å². The topological polar surface area (TPSA) is 42.3 Å². The number of aromatic nitrogens is 1. The van der Waals surface area contributed by atoms with Crippen molar-refractivity contribution in [3.8, 4) is 11.1 Å². The molecular formula is C27H20F6N2O2. The van der Waals surface area contributed by atoms with Gasteiger partial charge in [-0.3, -0.25) is 9.59 Å². The van der Waals surface area contributed by atoms with Gasteiger partial charge in [0.2, 0.25) is 0 Å². The molecule has 0 aliphatic carbocycles. The van der Waals surface area contributed by atoms with Crippen LogP contribution < -0.4 is 5.56 Å². The Labute approximate surface area is 207 Å². The van der Waals surface area contributed by atoms with Crippen LogP contribution in [0.3, 0.4) is 0 Å². The van der Waals surface area contributed by atoms with Crippen LogP contribution >= 0.6 is 0 Å². The van der Waals surface area contributed by atoms with Crippen LogP contribution in [0.15, 0.2) is 77.6 Å². The summed E-state index contributed by atoms with van der Waals surface area (Å²) in [5, 5.41) is 1.03. The molecule has 0 radical (unpaired) electrons. The van der Waals surface area contributed by atoms with Crippen LogP contribution in [0.2, 0.25) is 0 Å². The van der Waals surface area contributed by atoms with Gasteiger partial charge >= 0.3 is 12.4 Å². The Morgan fingerprint density at radius 3 is 1.86 bits per heavy atom. The fourth-order valence-corrected chi connectivity index (χ4v) is 4.22. The molecule has 0 bridgehead atoms. The average Bonchev–Trinajstić information content (AvgIpc) is 2.86. The van der Waals surface area contributed by atoms with Crippen LogP contribution in [-0.2, 0) is 25.9 Å². The first-order valence-corrected chi connectivity index (χ1v) is 11.0. The molecule has 4 nitrogen and oxygen atoms in total. The van der Waals surface area contributed by atoms with E-state index in [1.165, 1.54) is 18.7 Å². The van der Waals surface area contributed by atoms with Crippen LogP contribution in [0.4, 0.5) is 26.3 Å². The third kappa shape index (κ3) is 5.09. The van der Waals surface area contributed by atoms with E-state index in [2.05, 4.69) is 0 Å². The van der Waals surface area contributed by atoms with Crippen molar-refractivity contribution in [2.45, 2.75) is 18.9 Å². The Kier molecular flexibility index (Phi) is 6.62. The fraction of sp³-hybridized carbons (Fsp3) is 0.185. The Morgan fingerprint density at radius 1 is 0.811 bits per heavy atom. The van der Waals surface area contributed by atoms with Gasteiger partial charge in [-0.2, -0.15) is 26.3 Å². The van der Waals surface area contributed by atoms with Crippen LogP contribution in [-0.4, -0.2) is 22.4 Å². The summed E-state index contributed by atoms with van der Waals surface area (Å²) in [6.07, 6.45) is -10.2.